The van der Waals surface area contributed by atoms with E-state index >= 15 is 0 Å². The summed E-state index contributed by atoms with van der Waals surface area (Å²) in [5.74, 6) is 1.19. The number of fused-ring (bicyclic) bond motifs is 1. The maximum absolute atomic E-state index is 13.0. The van der Waals surface area contributed by atoms with Crippen molar-refractivity contribution in [2.75, 3.05) is 32.4 Å². The molecule has 0 aromatic heterocycles. The van der Waals surface area contributed by atoms with Crippen molar-refractivity contribution in [3.63, 3.8) is 0 Å². The predicted octanol–water partition coefficient (Wildman–Crippen LogP) is 0.802. The van der Waals surface area contributed by atoms with Gasteiger partial charge in [0.15, 0.2) is 14.6 Å². The standard InChI is InChI=1S/C15H26N2O3S/c1-21(19,20)15(6-2-3-7-15)14(18)17-8-4-12-10-16-11-13(12)5-9-17/h12-13,16H,2-11H2,1H3/t12-,13+. The second kappa shape index (κ2) is 5.54. The molecule has 5 nitrogen and oxygen atoms in total. The first-order valence-corrected chi connectivity index (χ1v) is 10.0. The van der Waals surface area contributed by atoms with Crippen LogP contribution in [0, 0.1) is 11.8 Å². The maximum Gasteiger partial charge on any atom is 0.244 e. The van der Waals surface area contributed by atoms with E-state index in [1.54, 1.807) is 0 Å². The summed E-state index contributed by atoms with van der Waals surface area (Å²) in [5.41, 5.74) is 0. The lowest BCUT2D eigenvalue weighted by molar-refractivity contribution is -0.133. The number of carbonyl (C=O) groups is 1. The fourth-order valence-electron chi connectivity index (χ4n) is 4.40. The van der Waals surface area contributed by atoms with Gasteiger partial charge in [-0.05, 0) is 50.6 Å². The number of hydrogen-bond donors (Lipinski definition) is 1. The fraction of sp³-hybridized carbons (Fsp3) is 0.933. The van der Waals surface area contributed by atoms with Crippen LogP contribution in [0.25, 0.3) is 0 Å². The molecule has 1 amide bonds. The molecule has 0 aromatic rings. The molecule has 120 valence electrons. The minimum Gasteiger partial charge on any atom is -0.341 e. The second-order valence-corrected chi connectivity index (χ2v) is 9.35. The average Bonchev–Trinajstić information content (AvgIpc) is 3.04. The van der Waals surface area contributed by atoms with Gasteiger partial charge in [-0.2, -0.15) is 0 Å². The molecule has 0 aromatic carbocycles. The number of likely N-dealkylation sites (tertiary alicyclic amines) is 1. The zero-order valence-corrected chi connectivity index (χ0v) is 13.6. The fourth-order valence-corrected chi connectivity index (χ4v) is 5.88. The lowest BCUT2D eigenvalue weighted by atomic mass is 9.92. The Kier molecular flexibility index (Phi) is 4.03. The zero-order valence-electron chi connectivity index (χ0n) is 12.8. The first-order valence-electron chi connectivity index (χ1n) is 8.14. The van der Waals surface area contributed by atoms with Crippen LogP contribution < -0.4 is 5.32 Å². The Balaban J connectivity index is 1.78. The van der Waals surface area contributed by atoms with Gasteiger partial charge in [0.25, 0.3) is 0 Å². The van der Waals surface area contributed by atoms with Gasteiger partial charge >= 0.3 is 0 Å². The van der Waals surface area contributed by atoms with Crippen molar-refractivity contribution in [1.29, 1.82) is 0 Å². The van der Waals surface area contributed by atoms with E-state index in [2.05, 4.69) is 5.32 Å². The van der Waals surface area contributed by atoms with E-state index in [0.717, 1.165) is 51.9 Å². The molecule has 0 bridgehead atoms. The topological polar surface area (TPSA) is 66.5 Å². The normalized spacial score (nSPS) is 32.7. The van der Waals surface area contributed by atoms with E-state index in [1.165, 1.54) is 6.26 Å². The van der Waals surface area contributed by atoms with Gasteiger partial charge in [0.05, 0.1) is 0 Å². The summed E-state index contributed by atoms with van der Waals surface area (Å²) in [6.45, 7) is 3.53. The minimum atomic E-state index is -3.35. The van der Waals surface area contributed by atoms with Crippen LogP contribution in [0.5, 0.6) is 0 Å². The summed E-state index contributed by atoms with van der Waals surface area (Å²) in [7, 11) is -3.35. The lowest BCUT2D eigenvalue weighted by Crippen LogP contribution is -2.52. The van der Waals surface area contributed by atoms with Crippen molar-refractivity contribution >= 4 is 15.7 Å². The van der Waals surface area contributed by atoms with E-state index in [-0.39, 0.29) is 5.91 Å². The summed E-state index contributed by atoms with van der Waals surface area (Å²) in [6.07, 6.45) is 5.97. The molecule has 3 fully saturated rings. The van der Waals surface area contributed by atoms with Crippen LogP contribution in [0.4, 0.5) is 0 Å². The Bertz CT molecular complexity index is 497. The van der Waals surface area contributed by atoms with Crippen molar-refractivity contribution < 1.29 is 13.2 Å². The average molecular weight is 314 g/mol. The Morgan fingerprint density at radius 3 is 2.10 bits per heavy atom. The van der Waals surface area contributed by atoms with Crippen LogP contribution in [0.2, 0.25) is 0 Å². The van der Waals surface area contributed by atoms with Gasteiger partial charge in [0.1, 0.15) is 0 Å². The maximum atomic E-state index is 13.0. The molecule has 2 atom stereocenters. The first kappa shape index (κ1) is 15.3. The summed E-state index contributed by atoms with van der Waals surface area (Å²) < 4.78 is 23.4. The van der Waals surface area contributed by atoms with Crippen LogP contribution in [0.15, 0.2) is 0 Å². The van der Waals surface area contributed by atoms with Gasteiger partial charge in [0, 0.05) is 19.3 Å². The van der Waals surface area contributed by atoms with Gasteiger partial charge in [-0.25, -0.2) is 8.42 Å². The van der Waals surface area contributed by atoms with Crippen molar-refractivity contribution in [1.82, 2.24) is 10.2 Å². The third-order valence-electron chi connectivity index (χ3n) is 5.82. The second-order valence-electron chi connectivity index (χ2n) is 7.02. The summed E-state index contributed by atoms with van der Waals surface area (Å²) in [6, 6.07) is 0. The van der Waals surface area contributed by atoms with Crippen LogP contribution in [-0.4, -0.2) is 56.4 Å². The number of amides is 1. The third-order valence-corrected chi connectivity index (χ3v) is 7.82. The predicted molar refractivity (Wildman–Crippen MR) is 81.7 cm³/mol. The highest BCUT2D eigenvalue weighted by molar-refractivity contribution is 7.92. The summed E-state index contributed by atoms with van der Waals surface area (Å²) in [4.78, 5) is 14.8. The van der Waals surface area contributed by atoms with Gasteiger partial charge in [-0.3, -0.25) is 4.79 Å². The molecule has 1 aliphatic carbocycles. The van der Waals surface area contributed by atoms with Gasteiger partial charge in [-0.1, -0.05) is 12.8 Å². The molecule has 1 N–H and O–H groups in total. The highest BCUT2D eigenvalue weighted by Gasteiger charge is 2.52. The van der Waals surface area contributed by atoms with Crippen LogP contribution in [-0.2, 0) is 14.6 Å². The number of hydrogen-bond acceptors (Lipinski definition) is 4. The molecule has 21 heavy (non-hydrogen) atoms. The van der Waals surface area contributed by atoms with Gasteiger partial charge < -0.3 is 10.2 Å². The third kappa shape index (κ3) is 2.61. The van der Waals surface area contributed by atoms with Crippen LogP contribution in [0.1, 0.15) is 38.5 Å². The summed E-state index contributed by atoms with van der Waals surface area (Å²) in [5, 5.41) is 3.42. The molecule has 3 aliphatic rings. The summed E-state index contributed by atoms with van der Waals surface area (Å²) >= 11 is 0. The molecule has 0 radical (unpaired) electrons. The monoisotopic (exact) mass is 314 g/mol. The number of carbonyl (C=O) groups excluding carboxylic acids is 1. The molecule has 1 saturated carbocycles. The molecular weight excluding hydrogens is 288 g/mol. The van der Waals surface area contributed by atoms with Crippen LogP contribution >= 0.6 is 0 Å². The van der Waals surface area contributed by atoms with Crippen molar-refractivity contribution in [3.8, 4) is 0 Å². The van der Waals surface area contributed by atoms with E-state index in [1.807, 2.05) is 4.90 Å². The molecule has 2 aliphatic heterocycles. The molecule has 6 heteroatoms. The van der Waals surface area contributed by atoms with Crippen molar-refractivity contribution in [3.05, 3.63) is 0 Å². The molecule has 2 heterocycles. The number of sulfone groups is 1. The Labute approximate surface area is 127 Å². The quantitative estimate of drug-likeness (QED) is 0.819. The minimum absolute atomic E-state index is 0.115. The molecular formula is C15H26N2O3S. The zero-order chi connectivity index (χ0) is 15.1. The van der Waals surface area contributed by atoms with Crippen molar-refractivity contribution in [2.24, 2.45) is 11.8 Å². The molecule has 2 saturated heterocycles. The van der Waals surface area contributed by atoms with Gasteiger partial charge in [-0.15, -0.1) is 0 Å². The highest BCUT2D eigenvalue weighted by atomic mass is 32.2. The van der Waals surface area contributed by atoms with Crippen molar-refractivity contribution in [2.45, 2.75) is 43.3 Å². The van der Waals surface area contributed by atoms with E-state index in [9.17, 15) is 13.2 Å². The Morgan fingerprint density at radius 2 is 1.62 bits per heavy atom. The molecule has 0 unspecified atom stereocenters. The first-order chi connectivity index (χ1) is 9.94. The highest BCUT2D eigenvalue weighted by Crippen LogP contribution is 2.39. The number of rotatable bonds is 2. The largest absolute Gasteiger partial charge is 0.341 e. The Morgan fingerprint density at radius 1 is 1.10 bits per heavy atom. The smallest absolute Gasteiger partial charge is 0.244 e. The molecule has 0 spiro atoms. The Hall–Kier alpha value is -0.620. The lowest BCUT2D eigenvalue weighted by Gasteiger charge is -2.32. The number of nitrogens with zero attached hydrogens (tertiary/aromatic N) is 1. The number of nitrogens with one attached hydrogen (secondary N) is 1. The van der Waals surface area contributed by atoms with Crippen LogP contribution in [0.3, 0.4) is 0 Å². The van der Waals surface area contributed by atoms with E-state index in [4.69, 9.17) is 0 Å². The molecule has 3 rings (SSSR count). The van der Waals surface area contributed by atoms with E-state index in [0.29, 0.717) is 24.7 Å². The SMILES string of the molecule is CS(=O)(=O)C1(C(=O)N2CC[C@@H]3CNC[C@@H]3CC2)CCCC1. The van der Waals surface area contributed by atoms with E-state index < -0.39 is 14.6 Å². The van der Waals surface area contributed by atoms with Gasteiger partial charge in [0.2, 0.25) is 5.91 Å².